The van der Waals surface area contributed by atoms with Crippen LogP contribution >= 0.6 is 0 Å². The molecule has 0 aromatic heterocycles. The highest BCUT2D eigenvalue weighted by molar-refractivity contribution is 6.51. The summed E-state index contributed by atoms with van der Waals surface area (Å²) < 4.78 is 23.6. The van der Waals surface area contributed by atoms with E-state index in [1.165, 1.54) is 0 Å². The Hall–Kier alpha value is -1.98. The van der Waals surface area contributed by atoms with E-state index in [1.807, 2.05) is 24.3 Å². The van der Waals surface area contributed by atoms with Crippen molar-refractivity contribution < 1.29 is 18.8 Å². The van der Waals surface area contributed by atoms with Crippen molar-refractivity contribution in [1.82, 2.24) is 0 Å². The SMILES string of the molecule is COc1ccc(C(C)(B2OC(C)(C)C(C)(C)O2)c2ccc(OC)cc2)cc1. The van der Waals surface area contributed by atoms with E-state index >= 15 is 0 Å². The van der Waals surface area contributed by atoms with Gasteiger partial charge in [0.25, 0.3) is 0 Å². The first-order valence-corrected chi connectivity index (χ1v) is 9.29. The van der Waals surface area contributed by atoms with Crippen molar-refractivity contribution in [2.45, 2.75) is 51.1 Å². The van der Waals surface area contributed by atoms with Gasteiger partial charge in [-0.3, -0.25) is 0 Å². The molecule has 0 bridgehead atoms. The molecule has 4 nitrogen and oxygen atoms in total. The van der Waals surface area contributed by atoms with Gasteiger partial charge in [-0.1, -0.05) is 31.2 Å². The van der Waals surface area contributed by atoms with E-state index in [0.717, 1.165) is 22.6 Å². The maximum absolute atomic E-state index is 6.47. The number of methoxy groups -OCH3 is 2. The van der Waals surface area contributed by atoms with Crippen LogP contribution in [0.25, 0.3) is 0 Å². The molecule has 0 atom stereocenters. The zero-order valence-electron chi connectivity index (χ0n) is 17.3. The van der Waals surface area contributed by atoms with Crippen molar-refractivity contribution in [3.63, 3.8) is 0 Å². The second-order valence-corrected chi connectivity index (χ2v) is 8.25. The van der Waals surface area contributed by atoms with Gasteiger partial charge in [0.2, 0.25) is 0 Å². The van der Waals surface area contributed by atoms with Gasteiger partial charge in [-0.05, 0) is 63.1 Å². The van der Waals surface area contributed by atoms with Gasteiger partial charge in [0, 0.05) is 0 Å². The van der Waals surface area contributed by atoms with Crippen molar-refractivity contribution in [1.29, 1.82) is 0 Å². The van der Waals surface area contributed by atoms with Crippen LogP contribution in [0.2, 0.25) is 0 Å². The lowest BCUT2D eigenvalue weighted by atomic mass is 9.52. The van der Waals surface area contributed by atoms with Crippen LogP contribution in [0.4, 0.5) is 0 Å². The Morgan fingerprint density at radius 1 is 0.704 bits per heavy atom. The van der Waals surface area contributed by atoms with Gasteiger partial charge < -0.3 is 18.8 Å². The van der Waals surface area contributed by atoms with Crippen LogP contribution in [0.1, 0.15) is 45.7 Å². The summed E-state index contributed by atoms with van der Waals surface area (Å²) in [5, 5.41) is -0.496. The van der Waals surface area contributed by atoms with E-state index in [1.54, 1.807) is 14.2 Å². The third-order valence-corrected chi connectivity index (χ3v) is 6.10. The van der Waals surface area contributed by atoms with Gasteiger partial charge in [0.05, 0.1) is 30.7 Å². The minimum Gasteiger partial charge on any atom is -0.497 e. The van der Waals surface area contributed by atoms with Crippen LogP contribution < -0.4 is 9.47 Å². The van der Waals surface area contributed by atoms with Crippen LogP contribution in [0.5, 0.6) is 11.5 Å². The normalized spacial score (nSPS) is 18.4. The Labute approximate surface area is 162 Å². The Balaban J connectivity index is 2.10. The van der Waals surface area contributed by atoms with Crippen LogP contribution in [0, 0.1) is 0 Å². The van der Waals surface area contributed by atoms with Gasteiger partial charge in [-0.2, -0.15) is 0 Å². The van der Waals surface area contributed by atoms with Crippen LogP contribution in [-0.4, -0.2) is 32.5 Å². The molecule has 1 saturated heterocycles. The van der Waals surface area contributed by atoms with Crippen LogP contribution in [-0.2, 0) is 14.6 Å². The zero-order valence-corrected chi connectivity index (χ0v) is 17.3. The molecule has 0 N–H and O–H groups in total. The number of ether oxygens (including phenoxy) is 2. The average Bonchev–Trinajstić information content (AvgIpc) is 2.89. The van der Waals surface area contributed by atoms with E-state index in [4.69, 9.17) is 18.8 Å². The standard InChI is InChI=1S/C22H29BO4/c1-20(2)21(3,4)27-23(26-20)22(5,16-8-12-18(24-6)13-9-16)17-10-14-19(25-7)15-11-17/h8-15H,1-7H3. The van der Waals surface area contributed by atoms with Gasteiger partial charge in [0.1, 0.15) is 11.5 Å². The van der Waals surface area contributed by atoms with Gasteiger partial charge >= 0.3 is 7.12 Å². The lowest BCUT2D eigenvalue weighted by molar-refractivity contribution is 0.00578. The first-order chi connectivity index (χ1) is 12.6. The summed E-state index contributed by atoms with van der Waals surface area (Å²) in [5.74, 6) is 1.65. The summed E-state index contributed by atoms with van der Waals surface area (Å²) in [4.78, 5) is 0. The van der Waals surface area contributed by atoms with Crippen molar-refractivity contribution in [3.8, 4) is 11.5 Å². The maximum atomic E-state index is 6.47. The molecule has 0 unspecified atom stereocenters. The first kappa shape index (κ1) is 19.8. The lowest BCUT2D eigenvalue weighted by Crippen LogP contribution is -2.44. The molecule has 2 aromatic rings. The summed E-state index contributed by atoms with van der Waals surface area (Å²) >= 11 is 0. The predicted octanol–water partition coefficient (Wildman–Crippen LogP) is 4.64. The number of benzene rings is 2. The number of hydrogen-bond donors (Lipinski definition) is 0. The highest BCUT2D eigenvalue weighted by atomic mass is 16.7. The summed E-state index contributed by atoms with van der Waals surface area (Å²) in [6.07, 6.45) is 0. The fourth-order valence-corrected chi connectivity index (χ4v) is 3.39. The molecule has 5 heteroatoms. The second kappa shape index (κ2) is 6.88. The Bertz CT molecular complexity index is 717. The average molecular weight is 368 g/mol. The highest BCUT2D eigenvalue weighted by Gasteiger charge is 2.59. The number of rotatable bonds is 5. The van der Waals surface area contributed by atoms with Crippen molar-refractivity contribution in [3.05, 3.63) is 59.7 Å². The van der Waals surface area contributed by atoms with E-state index in [9.17, 15) is 0 Å². The third kappa shape index (κ3) is 3.35. The van der Waals surface area contributed by atoms with Gasteiger partial charge in [-0.15, -0.1) is 0 Å². The Morgan fingerprint density at radius 2 is 1.04 bits per heavy atom. The number of hydrogen-bond acceptors (Lipinski definition) is 4. The summed E-state index contributed by atoms with van der Waals surface area (Å²) in [6.45, 7) is 10.5. The molecule has 0 amide bonds. The van der Waals surface area contributed by atoms with Gasteiger partial charge in [-0.25, -0.2) is 0 Å². The topological polar surface area (TPSA) is 36.9 Å². The van der Waals surface area contributed by atoms with Crippen molar-refractivity contribution in [2.75, 3.05) is 14.2 Å². The fraction of sp³-hybridized carbons (Fsp3) is 0.455. The maximum Gasteiger partial charge on any atom is 0.473 e. The van der Waals surface area contributed by atoms with E-state index in [2.05, 4.69) is 58.9 Å². The molecule has 0 aliphatic carbocycles. The predicted molar refractivity (Wildman–Crippen MR) is 109 cm³/mol. The molecule has 0 saturated carbocycles. The van der Waals surface area contributed by atoms with E-state index in [0.29, 0.717) is 0 Å². The Kier molecular flexibility index (Phi) is 5.04. The van der Waals surface area contributed by atoms with Crippen LogP contribution in [0.3, 0.4) is 0 Å². The lowest BCUT2D eigenvalue weighted by Gasteiger charge is -2.33. The minimum absolute atomic E-state index is 0.405. The van der Waals surface area contributed by atoms with Crippen molar-refractivity contribution >= 4 is 7.12 Å². The molecule has 3 rings (SSSR count). The van der Waals surface area contributed by atoms with Crippen molar-refractivity contribution in [2.24, 2.45) is 0 Å². The Morgan fingerprint density at radius 3 is 1.33 bits per heavy atom. The molecule has 0 radical (unpaired) electrons. The molecule has 1 fully saturated rings. The third-order valence-electron chi connectivity index (χ3n) is 6.10. The molecule has 2 aromatic carbocycles. The smallest absolute Gasteiger partial charge is 0.473 e. The minimum atomic E-state index is -0.496. The molecule has 0 spiro atoms. The molecule has 27 heavy (non-hydrogen) atoms. The molecule has 144 valence electrons. The highest BCUT2D eigenvalue weighted by Crippen LogP contribution is 2.46. The van der Waals surface area contributed by atoms with E-state index < -0.39 is 23.6 Å². The second-order valence-electron chi connectivity index (χ2n) is 8.25. The fourth-order valence-electron chi connectivity index (χ4n) is 3.39. The first-order valence-electron chi connectivity index (χ1n) is 9.29. The molecular formula is C22H29BO4. The zero-order chi connectivity index (χ0) is 19.9. The van der Waals surface area contributed by atoms with Gasteiger partial charge in [0.15, 0.2) is 0 Å². The molecule has 1 aliphatic rings. The van der Waals surface area contributed by atoms with Crippen LogP contribution in [0.15, 0.2) is 48.5 Å². The summed E-state index contributed by atoms with van der Waals surface area (Å²) in [6, 6.07) is 16.2. The summed E-state index contributed by atoms with van der Waals surface area (Å²) in [7, 11) is 2.92. The van der Waals surface area contributed by atoms with E-state index in [-0.39, 0.29) is 0 Å². The molecular weight excluding hydrogens is 339 g/mol. The molecule has 1 aliphatic heterocycles. The molecule has 1 heterocycles. The quantitative estimate of drug-likeness (QED) is 0.721. The summed E-state index contributed by atoms with van der Waals surface area (Å²) in [5.41, 5.74) is 1.40. The largest absolute Gasteiger partial charge is 0.497 e. The monoisotopic (exact) mass is 368 g/mol.